The number of rotatable bonds is 5. The molecular formula is C15H17ClFN5O. The van der Waals surface area contributed by atoms with E-state index >= 15 is 0 Å². The molecule has 3 rings (SSSR count). The highest BCUT2D eigenvalue weighted by Gasteiger charge is 2.15. The molecule has 2 heterocycles. The molecule has 3 aromatic rings. The van der Waals surface area contributed by atoms with E-state index in [2.05, 4.69) is 20.4 Å². The van der Waals surface area contributed by atoms with Crippen LogP contribution in [0.2, 0.25) is 0 Å². The van der Waals surface area contributed by atoms with Gasteiger partial charge >= 0.3 is 0 Å². The third-order valence-electron chi connectivity index (χ3n) is 3.41. The number of nitrogens with one attached hydrogen (secondary N) is 1. The molecule has 0 fully saturated rings. The summed E-state index contributed by atoms with van der Waals surface area (Å²) in [4.78, 5) is 8.50. The Morgan fingerprint density at radius 1 is 1.30 bits per heavy atom. The molecule has 23 heavy (non-hydrogen) atoms. The molecule has 1 unspecified atom stereocenters. The average molecular weight is 338 g/mol. The van der Waals surface area contributed by atoms with Crippen LogP contribution in [0.15, 0.2) is 41.3 Å². The van der Waals surface area contributed by atoms with Gasteiger partial charge in [-0.15, -0.1) is 12.4 Å². The predicted octanol–water partition coefficient (Wildman–Crippen LogP) is 2.63. The van der Waals surface area contributed by atoms with Gasteiger partial charge in [-0.05, 0) is 38.2 Å². The first-order valence-electron chi connectivity index (χ1n) is 6.96. The molecule has 0 saturated carbocycles. The summed E-state index contributed by atoms with van der Waals surface area (Å²) in [6.45, 7) is 2.04. The zero-order valence-electron chi connectivity index (χ0n) is 12.7. The van der Waals surface area contributed by atoms with E-state index in [4.69, 9.17) is 4.52 Å². The van der Waals surface area contributed by atoms with E-state index in [0.717, 1.165) is 5.69 Å². The second-order valence-corrected chi connectivity index (χ2v) is 5.03. The SMILES string of the molecule is CNC(C)Cc1noc(-c2cncn2-c2ccc(F)cc2)n1.Cl. The van der Waals surface area contributed by atoms with Crippen LogP contribution in [0.1, 0.15) is 12.7 Å². The molecular weight excluding hydrogens is 321 g/mol. The lowest BCUT2D eigenvalue weighted by Crippen LogP contribution is -2.24. The van der Waals surface area contributed by atoms with Crippen LogP contribution < -0.4 is 5.32 Å². The number of benzene rings is 1. The molecule has 0 aliphatic heterocycles. The Morgan fingerprint density at radius 2 is 2.04 bits per heavy atom. The van der Waals surface area contributed by atoms with Crippen LogP contribution in [0, 0.1) is 5.82 Å². The topological polar surface area (TPSA) is 68.8 Å². The van der Waals surface area contributed by atoms with Crippen LogP contribution in [0.4, 0.5) is 4.39 Å². The first-order chi connectivity index (χ1) is 10.7. The highest BCUT2D eigenvalue weighted by Crippen LogP contribution is 2.21. The Labute approximate surface area is 139 Å². The molecule has 0 bridgehead atoms. The standard InChI is InChI=1S/C15H16FN5O.ClH/c1-10(17-2)7-14-19-15(22-20-14)13-8-18-9-21(13)12-5-3-11(16)4-6-12;/h3-6,8-10,17H,7H2,1-2H3;1H. The van der Waals surface area contributed by atoms with E-state index in [-0.39, 0.29) is 24.3 Å². The van der Waals surface area contributed by atoms with Crippen molar-refractivity contribution in [3.05, 3.63) is 48.4 Å². The van der Waals surface area contributed by atoms with Gasteiger partial charge in [0.25, 0.3) is 5.89 Å². The molecule has 8 heteroatoms. The smallest absolute Gasteiger partial charge is 0.276 e. The fourth-order valence-corrected chi connectivity index (χ4v) is 2.08. The molecule has 0 aliphatic carbocycles. The van der Waals surface area contributed by atoms with Gasteiger partial charge < -0.3 is 9.84 Å². The number of hydrogen-bond donors (Lipinski definition) is 1. The third-order valence-corrected chi connectivity index (χ3v) is 3.41. The third kappa shape index (κ3) is 3.75. The Morgan fingerprint density at radius 3 is 2.74 bits per heavy atom. The van der Waals surface area contributed by atoms with Crippen LogP contribution in [0.25, 0.3) is 17.3 Å². The molecule has 122 valence electrons. The highest BCUT2D eigenvalue weighted by atomic mass is 35.5. The number of likely N-dealkylation sites (N-methyl/N-ethyl adjacent to an activating group) is 1. The number of aromatic nitrogens is 4. The molecule has 0 saturated heterocycles. The highest BCUT2D eigenvalue weighted by molar-refractivity contribution is 5.85. The number of hydrogen-bond acceptors (Lipinski definition) is 5. The lowest BCUT2D eigenvalue weighted by molar-refractivity contribution is 0.416. The summed E-state index contributed by atoms with van der Waals surface area (Å²) < 4.78 is 20.1. The molecule has 1 atom stereocenters. The molecule has 0 aliphatic rings. The summed E-state index contributed by atoms with van der Waals surface area (Å²) in [5.74, 6) is 0.732. The second-order valence-electron chi connectivity index (χ2n) is 5.03. The van der Waals surface area contributed by atoms with Crippen LogP contribution in [0.3, 0.4) is 0 Å². The molecule has 2 aromatic heterocycles. The van der Waals surface area contributed by atoms with Gasteiger partial charge in [0.1, 0.15) is 11.5 Å². The van der Waals surface area contributed by atoms with E-state index in [9.17, 15) is 4.39 Å². The van der Waals surface area contributed by atoms with E-state index in [1.54, 1.807) is 29.2 Å². The fourth-order valence-electron chi connectivity index (χ4n) is 2.08. The number of nitrogens with zero attached hydrogens (tertiary/aromatic N) is 4. The van der Waals surface area contributed by atoms with Crippen molar-refractivity contribution < 1.29 is 8.91 Å². The minimum atomic E-state index is -0.286. The molecule has 0 amide bonds. The lowest BCUT2D eigenvalue weighted by Gasteiger charge is -2.05. The summed E-state index contributed by atoms with van der Waals surface area (Å²) in [5.41, 5.74) is 1.44. The maximum atomic E-state index is 13.0. The van der Waals surface area contributed by atoms with Crippen LogP contribution >= 0.6 is 12.4 Å². The van der Waals surface area contributed by atoms with Crippen molar-refractivity contribution in [1.82, 2.24) is 25.0 Å². The largest absolute Gasteiger partial charge is 0.332 e. The van der Waals surface area contributed by atoms with Gasteiger partial charge in [0.2, 0.25) is 0 Å². The van der Waals surface area contributed by atoms with Gasteiger partial charge in [-0.2, -0.15) is 4.98 Å². The Balaban J connectivity index is 0.00000192. The second kappa shape index (κ2) is 7.34. The van der Waals surface area contributed by atoms with E-state index in [1.807, 2.05) is 14.0 Å². The normalized spacial score (nSPS) is 12.0. The van der Waals surface area contributed by atoms with Crippen LogP contribution in [0.5, 0.6) is 0 Å². The Kier molecular flexibility index (Phi) is 5.46. The van der Waals surface area contributed by atoms with Crippen molar-refractivity contribution >= 4 is 12.4 Å². The Hall–Kier alpha value is -2.25. The molecule has 1 N–H and O–H groups in total. The monoisotopic (exact) mass is 337 g/mol. The number of imidazole rings is 1. The zero-order valence-corrected chi connectivity index (χ0v) is 13.5. The predicted molar refractivity (Wildman–Crippen MR) is 86.3 cm³/mol. The maximum Gasteiger partial charge on any atom is 0.276 e. The van der Waals surface area contributed by atoms with Gasteiger partial charge in [0, 0.05) is 18.2 Å². The summed E-state index contributed by atoms with van der Waals surface area (Å²) in [6.07, 6.45) is 3.94. The molecule has 0 spiro atoms. The van der Waals surface area contributed by atoms with Gasteiger partial charge in [-0.3, -0.25) is 4.57 Å². The fraction of sp³-hybridized carbons (Fsp3) is 0.267. The quantitative estimate of drug-likeness (QED) is 0.775. The summed E-state index contributed by atoms with van der Waals surface area (Å²) in [6, 6.07) is 6.38. The minimum Gasteiger partial charge on any atom is -0.332 e. The molecule has 6 nitrogen and oxygen atoms in total. The maximum absolute atomic E-state index is 13.0. The molecule has 1 aromatic carbocycles. The summed E-state index contributed by atoms with van der Waals surface area (Å²) in [7, 11) is 1.88. The van der Waals surface area contributed by atoms with Crippen molar-refractivity contribution in [3.63, 3.8) is 0 Å². The summed E-state index contributed by atoms with van der Waals surface area (Å²) in [5, 5.41) is 7.11. The van der Waals surface area contributed by atoms with Crippen LogP contribution in [-0.4, -0.2) is 32.8 Å². The molecule has 0 radical (unpaired) electrons. The number of halogens is 2. The zero-order chi connectivity index (χ0) is 15.5. The van der Waals surface area contributed by atoms with Gasteiger partial charge in [-0.1, -0.05) is 5.16 Å². The van der Waals surface area contributed by atoms with Crippen molar-refractivity contribution in [2.45, 2.75) is 19.4 Å². The first kappa shape index (κ1) is 17.1. The van der Waals surface area contributed by atoms with Gasteiger partial charge in [0.15, 0.2) is 5.82 Å². The summed E-state index contributed by atoms with van der Waals surface area (Å²) >= 11 is 0. The van der Waals surface area contributed by atoms with Gasteiger partial charge in [-0.25, -0.2) is 9.37 Å². The van der Waals surface area contributed by atoms with E-state index in [0.29, 0.717) is 23.8 Å². The lowest BCUT2D eigenvalue weighted by atomic mass is 10.2. The minimum absolute atomic E-state index is 0. The van der Waals surface area contributed by atoms with Crippen LogP contribution in [-0.2, 0) is 6.42 Å². The Bertz CT molecular complexity index is 755. The average Bonchev–Trinajstić information content (AvgIpc) is 3.16. The van der Waals surface area contributed by atoms with E-state index in [1.165, 1.54) is 12.1 Å². The van der Waals surface area contributed by atoms with Crippen molar-refractivity contribution in [1.29, 1.82) is 0 Å². The van der Waals surface area contributed by atoms with Gasteiger partial charge in [0.05, 0.1) is 12.5 Å². The first-order valence-corrected chi connectivity index (χ1v) is 6.96. The van der Waals surface area contributed by atoms with Crippen molar-refractivity contribution in [2.75, 3.05) is 7.05 Å². The van der Waals surface area contributed by atoms with E-state index < -0.39 is 0 Å². The van der Waals surface area contributed by atoms with Crippen molar-refractivity contribution in [2.24, 2.45) is 0 Å². The van der Waals surface area contributed by atoms with Crippen molar-refractivity contribution in [3.8, 4) is 17.3 Å².